The van der Waals surface area contributed by atoms with Crippen LogP contribution in [0.25, 0.3) is 6.08 Å². The highest BCUT2D eigenvalue weighted by Gasteiger charge is 2.35. The molecule has 0 aliphatic carbocycles. The summed E-state index contributed by atoms with van der Waals surface area (Å²) in [6.45, 7) is 1.30. The lowest BCUT2D eigenvalue weighted by molar-refractivity contribution is -0.148. The van der Waals surface area contributed by atoms with Crippen LogP contribution in [0.5, 0.6) is 11.5 Å². The molecule has 0 spiro atoms. The number of benzene rings is 1. The molecule has 34 heavy (non-hydrogen) atoms. The molecule has 2 heterocycles. The van der Waals surface area contributed by atoms with E-state index < -0.39 is 30.0 Å². The third-order valence-corrected chi connectivity index (χ3v) is 5.18. The lowest BCUT2D eigenvalue weighted by Gasteiger charge is -2.18. The molecule has 1 atom stereocenters. The van der Waals surface area contributed by atoms with Gasteiger partial charge in [0, 0.05) is 10.0 Å². The Kier molecular flexibility index (Phi) is 7.61. The van der Waals surface area contributed by atoms with Crippen LogP contribution in [0.3, 0.4) is 0 Å². The zero-order valence-electron chi connectivity index (χ0n) is 18.7. The van der Waals surface area contributed by atoms with Crippen LogP contribution in [-0.2, 0) is 25.6 Å². The first-order chi connectivity index (χ1) is 16.2. The van der Waals surface area contributed by atoms with Crippen LogP contribution in [0.1, 0.15) is 28.8 Å². The average Bonchev–Trinajstić information content (AvgIpc) is 3.39. The van der Waals surface area contributed by atoms with Crippen LogP contribution in [0, 0.1) is 0 Å². The number of rotatable bonds is 8. The normalized spacial score (nSPS) is 15.2. The molecule has 3 amide bonds. The smallest absolute Gasteiger partial charge is 0.373 e. The Morgan fingerprint density at radius 3 is 2.56 bits per heavy atom. The fraction of sp³-hybridized carbons (Fsp3) is 0.273. The Balaban J connectivity index is 1.90. The molecule has 3 rings (SSSR count). The Labute approximate surface area is 202 Å². The van der Waals surface area contributed by atoms with Crippen LogP contribution in [0.4, 0.5) is 4.79 Å². The lowest BCUT2D eigenvalue weighted by atomic mass is 10.1. The van der Waals surface area contributed by atoms with Gasteiger partial charge in [0.05, 0.1) is 27.9 Å². The highest BCUT2D eigenvalue weighted by Crippen LogP contribution is 2.37. The Morgan fingerprint density at radius 1 is 1.18 bits per heavy atom. The number of carbonyl (C=O) groups is 4. The molecule has 11 nitrogen and oxygen atoms in total. The first-order valence-corrected chi connectivity index (χ1v) is 10.6. The van der Waals surface area contributed by atoms with Crippen LogP contribution in [-0.4, -0.2) is 56.2 Å². The Hall–Kier alpha value is -3.80. The SMILES string of the molecule is COC(=O)c1ccc(CN2C(=O)N/C(=C\c3cc(Br)cc(OC)c3O[C@@H](C)C(=O)OC)C2=O)o1. The van der Waals surface area contributed by atoms with Gasteiger partial charge in [-0.05, 0) is 37.3 Å². The van der Waals surface area contributed by atoms with Gasteiger partial charge in [0.1, 0.15) is 11.5 Å². The number of hydrogen-bond donors (Lipinski definition) is 1. The number of urea groups is 1. The number of imide groups is 1. The standard InChI is InChI=1S/C22H21BrN2O9/c1-11(20(27)31-3)33-18-12(7-13(23)9-17(18)30-2)8-15-19(26)25(22(29)24-15)10-14-5-6-16(34-14)21(28)32-4/h5-9,11H,10H2,1-4H3,(H,24,29)/b15-8-/t11-/m0/s1. The minimum atomic E-state index is -0.967. The molecule has 1 saturated heterocycles. The van der Waals surface area contributed by atoms with Gasteiger partial charge in [-0.3, -0.25) is 9.69 Å². The molecule has 1 aromatic heterocycles. The summed E-state index contributed by atoms with van der Waals surface area (Å²) in [5, 5.41) is 2.50. The predicted octanol–water partition coefficient (Wildman–Crippen LogP) is 2.87. The zero-order chi connectivity index (χ0) is 25.0. The van der Waals surface area contributed by atoms with E-state index in [9.17, 15) is 19.2 Å². The fourth-order valence-corrected chi connectivity index (χ4v) is 3.52. The average molecular weight is 537 g/mol. The van der Waals surface area contributed by atoms with Crippen molar-refractivity contribution < 1.29 is 42.5 Å². The summed E-state index contributed by atoms with van der Waals surface area (Å²) in [6, 6.07) is 5.42. The summed E-state index contributed by atoms with van der Waals surface area (Å²) < 4.78 is 26.3. The van der Waals surface area contributed by atoms with Gasteiger partial charge in [0.25, 0.3) is 5.91 Å². The van der Waals surface area contributed by atoms with Crippen molar-refractivity contribution in [3.63, 3.8) is 0 Å². The van der Waals surface area contributed by atoms with Crippen LogP contribution in [0.2, 0.25) is 0 Å². The molecule has 180 valence electrons. The monoisotopic (exact) mass is 536 g/mol. The van der Waals surface area contributed by atoms with E-state index in [0.29, 0.717) is 10.0 Å². The molecule has 0 unspecified atom stereocenters. The summed E-state index contributed by atoms with van der Waals surface area (Å²) in [7, 11) is 3.86. The van der Waals surface area contributed by atoms with Gasteiger partial charge < -0.3 is 28.7 Å². The first-order valence-electron chi connectivity index (χ1n) is 9.82. The van der Waals surface area contributed by atoms with E-state index in [1.165, 1.54) is 46.5 Å². The lowest BCUT2D eigenvalue weighted by Crippen LogP contribution is -2.30. The van der Waals surface area contributed by atoms with Crippen molar-refractivity contribution in [1.29, 1.82) is 0 Å². The van der Waals surface area contributed by atoms with Crippen molar-refractivity contribution in [1.82, 2.24) is 10.2 Å². The summed E-state index contributed by atoms with van der Waals surface area (Å²) in [6.07, 6.45) is 0.431. The molecule has 1 N–H and O–H groups in total. The zero-order valence-corrected chi connectivity index (χ0v) is 20.3. The molecule has 0 saturated carbocycles. The molecule has 1 fully saturated rings. The maximum absolute atomic E-state index is 12.9. The van der Waals surface area contributed by atoms with Crippen LogP contribution < -0.4 is 14.8 Å². The molecular formula is C22H21BrN2O9. The van der Waals surface area contributed by atoms with E-state index in [-0.39, 0.29) is 35.3 Å². The minimum Gasteiger partial charge on any atom is -0.493 e. The van der Waals surface area contributed by atoms with Gasteiger partial charge in [0.2, 0.25) is 5.76 Å². The molecule has 12 heteroatoms. The number of amides is 3. The minimum absolute atomic E-state index is 0.0412. The number of esters is 2. The predicted molar refractivity (Wildman–Crippen MR) is 120 cm³/mol. The first kappa shape index (κ1) is 24.8. The van der Waals surface area contributed by atoms with Gasteiger partial charge in [0.15, 0.2) is 17.6 Å². The van der Waals surface area contributed by atoms with Crippen LogP contribution in [0.15, 0.2) is 38.9 Å². The molecule has 0 bridgehead atoms. The Morgan fingerprint density at radius 2 is 1.91 bits per heavy atom. The van der Waals surface area contributed by atoms with Crippen molar-refractivity contribution in [3.8, 4) is 11.5 Å². The second-order valence-corrected chi connectivity index (χ2v) is 7.86. The van der Waals surface area contributed by atoms with E-state index >= 15 is 0 Å². The summed E-state index contributed by atoms with van der Waals surface area (Å²) >= 11 is 3.36. The number of hydrogen-bond acceptors (Lipinski definition) is 9. The van der Waals surface area contributed by atoms with Gasteiger partial charge in [-0.15, -0.1) is 0 Å². The van der Waals surface area contributed by atoms with E-state index in [4.69, 9.17) is 18.6 Å². The van der Waals surface area contributed by atoms with Crippen molar-refractivity contribution in [2.24, 2.45) is 0 Å². The third-order valence-electron chi connectivity index (χ3n) is 4.72. The van der Waals surface area contributed by atoms with Crippen molar-refractivity contribution in [3.05, 3.63) is 51.5 Å². The number of carbonyl (C=O) groups excluding carboxylic acids is 4. The molecule has 0 radical (unpaired) electrons. The molecule has 1 aliphatic rings. The second-order valence-electron chi connectivity index (χ2n) is 6.95. The van der Waals surface area contributed by atoms with E-state index in [1.807, 2.05) is 0 Å². The van der Waals surface area contributed by atoms with Gasteiger partial charge in [-0.1, -0.05) is 15.9 Å². The fourth-order valence-electron chi connectivity index (χ4n) is 3.06. The topological polar surface area (TPSA) is 134 Å². The van der Waals surface area contributed by atoms with Crippen LogP contribution >= 0.6 is 15.9 Å². The van der Waals surface area contributed by atoms with Gasteiger partial charge >= 0.3 is 18.0 Å². The largest absolute Gasteiger partial charge is 0.493 e. The summed E-state index contributed by atoms with van der Waals surface area (Å²) in [5.74, 6) is -1.30. The maximum atomic E-state index is 12.9. The number of methoxy groups -OCH3 is 3. The van der Waals surface area contributed by atoms with Crippen molar-refractivity contribution in [2.75, 3.05) is 21.3 Å². The number of furan rings is 1. The molecular weight excluding hydrogens is 516 g/mol. The van der Waals surface area contributed by atoms with Crippen molar-refractivity contribution in [2.45, 2.75) is 19.6 Å². The molecule has 1 aromatic carbocycles. The number of ether oxygens (including phenoxy) is 4. The molecule has 2 aromatic rings. The van der Waals surface area contributed by atoms with Crippen molar-refractivity contribution >= 4 is 45.9 Å². The van der Waals surface area contributed by atoms with Gasteiger partial charge in [-0.25, -0.2) is 14.4 Å². The summed E-state index contributed by atoms with van der Waals surface area (Å²) in [5.41, 5.74) is 0.318. The van der Waals surface area contributed by atoms with Gasteiger partial charge in [-0.2, -0.15) is 0 Å². The highest BCUT2D eigenvalue weighted by molar-refractivity contribution is 9.10. The highest BCUT2D eigenvalue weighted by atomic mass is 79.9. The summed E-state index contributed by atoms with van der Waals surface area (Å²) in [4.78, 5) is 49.7. The number of nitrogens with one attached hydrogen (secondary N) is 1. The van der Waals surface area contributed by atoms with E-state index in [0.717, 1.165) is 4.90 Å². The Bertz CT molecular complexity index is 1170. The number of halogens is 1. The van der Waals surface area contributed by atoms with E-state index in [2.05, 4.69) is 26.0 Å². The molecule has 1 aliphatic heterocycles. The second kappa shape index (κ2) is 10.4. The number of nitrogens with zero attached hydrogens (tertiary/aromatic N) is 1. The van der Waals surface area contributed by atoms with E-state index in [1.54, 1.807) is 12.1 Å². The third kappa shape index (κ3) is 5.22. The quantitative estimate of drug-likeness (QED) is 0.307. The maximum Gasteiger partial charge on any atom is 0.373 e.